The summed E-state index contributed by atoms with van der Waals surface area (Å²) in [5.41, 5.74) is 0. The number of ketones is 1. The van der Waals surface area contributed by atoms with Crippen LogP contribution >= 0.6 is 0 Å². The van der Waals surface area contributed by atoms with Crippen molar-refractivity contribution in [3.8, 4) is 0 Å². The molecule has 6 heteroatoms. The number of rotatable bonds is 5. The maximum absolute atomic E-state index is 10.5. The molecule has 0 saturated heterocycles. The van der Waals surface area contributed by atoms with E-state index in [0.717, 1.165) is 0 Å². The summed E-state index contributed by atoms with van der Waals surface area (Å²) in [4.78, 5) is 20.4. The van der Waals surface area contributed by atoms with Gasteiger partial charge in [-0.25, -0.2) is 0 Å². The Morgan fingerprint density at radius 1 is 1.33 bits per heavy atom. The van der Waals surface area contributed by atoms with Gasteiger partial charge in [0.2, 0.25) is 0 Å². The lowest BCUT2D eigenvalue weighted by Gasteiger charge is -2.16. The Kier molecular flexibility index (Phi) is 4.60. The number of Topliss-reactive ketones (excluding diaryl/α,β-unsaturated/α-hetero) is 1. The Bertz CT molecular complexity index is 167. The van der Waals surface area contributed by atoms with Crippen LogP contribution in [0.1, 0.15) is 0 Å². The van der Waals surface area contributed by atoms with Gasteiger partial charge in [-0.2, -0.15) is 0 Å². The van der Waals surface area contributed by atoms with Gasteiger partial charge in [0.05, 0.1) is 0 Å². The highest BCUT2D eigenvalue weighted by molar-refractivity contribution is 5.84. The lowest BCUT2D eigenvalue weighted by Crippen LogP contribution is -2.43. The standard InChI is InChI=1S/C6H10O6/c7-1-3(9)5(11)6(12)4(10)2-8/h1,3,5-6,8-9,11-12H,2H2/t3?,5-,6?/m1/s1. The molecule has 0 aromatic rings. The molecule has 0 bridgehead atoms. The van der Waals surface area contributed by atoms with Crippen LogP contribution < -0.4 is 0 Å². The Morgan fingerprint density at radius 2 is 1.83 bits per heavy atom. The maximum Gasteiger partial charge on any atom is 0.189 e. The summed E-state index contributed by atoms with van der Waals surface area (Å²) in [5.74, 6) is -1.05. The van der Waals surface area contributed by atoms with Gasteiger partial charge >= 0.3 is 0 Å². The van der Waals surface area contributed by atoms with Crippen LogP contribution in [0.4, 0.5) is 0 Å². The number of carbonyl (C=O) groups is 2. The summed E-state index contributed by atoms with van der Waals surface area (Å²) in [6.45, 7) is -0.955. The van der Waals surface area contributed by atoms with Gasteiger partial charge in [-0.1, -0.05) is 0 Å². The maximum atomic E-state index is 10.5. The van der Waals surface area contributed by atoms with Crippen LogP contribution in [0, 0.1) is 0 Å². The number of aliphatic hydroxyl groups excluding tert-OH is 4. The quantitative estimate of drug-likeness (QED) is 0.330. The predicted molar refractivity (Wildman–Crippen MR) is 36.2 cm³/mol. The van der Waals surface area contributed by atoms with Crippen molar-refractivity contribution in [3.63, 3.8) is 0 Å². The number of hydrogen-bond acceptors (Lipinski definition) is 6. The smallest absolute Gasteiger partial charge is 0.189 e. The fourth-order valence-corrected chi connectivity index (χ4v) is 0.551. The van der Waals surface area contributed by atoms with Crippen molar-refractivity contribution < 1.29 is 30.0 Å². The number of hydrogen-bond donors (Lipinski definition) is 4. The third-order valence-electron chi connectivity index (χ3n) is 1.30. The molecule has 4 N–H and O–H groups in total. The van der Waals surface area contributed by atoms with E-state index in [1.54, 1.807) is 0 Å². The van der Waals surface area contributed by atoms with Crippen molar-refractivity contribution in [1.82, 2.24) is 0 Å². The molecule has 0 aromatic carbocycles. The SMILES string of the molecule is O=CC(O)[C@@H](O)C(O)C(=O)CO. The molecule has 0 fully saturated rings. The summed E-state index contributed by atoms with van der Waals surface area (Å²) in [6, 6.07) is 0. The van der Waals surface area contributed by atoms with E-state index in [-0.39, 0.29) is 6.29 Å². The van der Waals surface area contributed by atoms with E-state index >= 15 is 0 Å². The lowest BCUT2D eigenvalue weighted by molar-refractivity contribution is -0.143. The molecular weight excluding hydrogens is 168 g/mol. The topological polar surface area (TPSA) is 115 Å². The van der Waals surface area contributed by atoms with Crippen molar-refractivity contribution in [2.75, 3.05) is 6.61 Å². The van der Waals surface area contributed by atoms with Gasteiger partial charge < -0.3 is 25.2 Å². The molecule has 0 amide bonds. The molecule has 0 rings (SSSR count). The molecule has 0 saturated carbocycles. The molecule has 0 aromatic heterocycles. The molecule has 6 nitrogen and oxygen atoms in total. The molecule has 2 unspecified atom stereocenters. The third kappa shape index (κ3) is 2.67. The first-order chi connectivity index (χ1) is 5.54. The monoisotopic (exact) mass is 178 g/mol. The molecule has 0 radical (unpaired) electrons. The summed E-state index contributed by atoms with van der Waals surface area (Å²) >= 11 is 0. The molecule has 0 spiro atoms. The van der Waals surface area contributed by atoms with Gasteiger partial charge in [0, 0.05) is 0 Å². The minimum absolute atomic E-state index is 0.0153. The molecule has 12 heavy (non-hydrogen) atoms. The fourth-order valence-electron chi connectivity index (χ4n) is 0.551. The number of aldehydes is 1. The van der Waals surface area contributed by atoms with Crippen LogP contribution in [0.15, 0.2) is 0 Å². The van der Waals surface area contributed by atoms with Crippen molar-refractivity contribution in [2.45, 2.75) is 18.3 Å². The first-order valence-corrected chi connectivity index (χ1v) is 3.17. The fraction of sp³-hybridized carbons (Fsp3) is 0.667. The number of aliphatic hydroxyl groups is 4. The van der Waals surface area contributed by atoms with E-state index in [1.165, 1.54) is 0 Å². The van der Waals surface area contributed by atoms with Gasteiger partial charge in [-0.05, 0) is 0 Å². The first-order valence-electron chi connectivity index (χ1n) is 3.17. The van der Waals surface area contributed by atoms with E-state index < -0.39 is 30.7 Å². The van der Waals surface area contributed by atoms with Crippen molar-refractivity contribution in [1.29, 1.82) is 0 Å². The molecule has 70 valence electrons. The highest BCUT2D eigenvalue weighted by atomic mass is 16.4. The average Bonchev–Trinajstić information content (AvgIpc) is 2.12. The summed E-state index contributed by atoms with van der Waals surface area (Å²) < 4.78 is 0. The average molecular weight is 178 g/mol. The molecule has 3 atom stereocenters. The lowest BCUT2D eigenvalue weighted by atomic mass is 10.1. The van der Waals surface area contributed by atoms with Gasteiger partial charge in [-0.15, -0.1) is 0 Å². The summed E-state index contributed by atoms with van der Waals surface area (Å²) in [6.07, 6.45) is -5.66. The largest absolute Gasteiger partial charge is 0.388 e. The van der Waals surface area contributed by atoms with E-state index in [1.807, 2.05) is 0 Å². The molecule has 0 aliphatic rings. The van der Waals surface area contributed by atoms with E-state index in [4.69, 9.17) is 20.4 Å². The Morgan fingerprint density at radius 3 is 2.17 bits per heavy atom. The second-order valence-corrected chi connectivity index (χ2v) is 2.19. The van der Waals surface area contributed by atoms with Crippen molar-refractivity contribution in [2.24, 2.45) is 0 Å². The minimum Gasteiger partial charge on any atom is -0.388 e. The van der Waals surface area contributed by atoms with Crippen LogP contribution in [0.2, 0.25) is 0 Å². The first kappa shape index (κ1) is 11.2. The Labute approximate surface area is 68.1 Å². The van der Waals surface area contributed by atoms with Crippen LogP contribution in [-0.2, 0) is 9.59 Å². The van der Waals surface area contributed by atoms with E-state index in [0.29, 0.717) is 0 Å². The normalized spacial score (nSPS) is 18.0. The highest BCUT2D eigenvalue weighted by Crippen LogP contribution is 1.99. The minimum atomic E-state index is -1.94. The predicted octanol–water partition coefficient (Wildman–Crippen LogP) is -3.17. The molecule has 0 aliphatic carbocycles. The summed E-state index contributed by atoms with van der Waals surface area (Å²) in [7, 11) is 0. The zero-order chi connectivity index (χ0) is 9.72. The van der Waals surface area contributed by atoms with Crippen molar-refractivity contribution in [3.05, 3.63) is 0 Å². The Hall–Kier alpha value is -0.820. The molecule has 0 heterocycles. The van der Waals surface area contributed by atoms with Gasteiger partial charge in [0.1, 0.15) is 24.9 Å². The Balaban J connectivity index is 4.17. The van der Waals surface area contributed by atoms with E-state index in [9.17, 15) is 9.59 Å². The van der Waals surface area contributed by atoms with Crippen LogP contribution in [0.3, 0.4) is 0 Å². The molecular formula is C6H10O6. The zero-order valence-electron chi connectivity index (χ0n) is 6.12. The van der Waals surface area contributed by atoms with Crippen LogP contribution in [0.5, 0.6) is 0 Å². The highest BCUT2D eigenvalue weighted by Gasteiger charge is 2.29. The van der Waals surface area contributed by atoms with Crippen molar-refractivity contribution >= 4 is 12.1 Å². The summed E-state index contributed by atoms with van der Waals surface area (Å²) in [5, 5.41) is 34.5. The van der Waals surface area contributed by atoms with E-state index in [2.05, 4.69) is 0 Å². The van der Waals surface area contributed by atoms with Crippen LogP contribution in [-0.4, -0.2) is 57.4 Å². The van der Waals surface area contributed by atoms with Gasteiger partial charge in [0.25, 0.3) is 0 Å². The zero-order valence-corrected chi connectivity index (χ0v) is 6.12. The second kappa shape index (κ2) is 4.94. The third-order valence-corrected chi connectivity index (χ3v) is 1.30. The van der Waals surface area contributed by atoms with Gasteiger partial charge in [-0.3, -0.25) is 4.79 Å². The molecule has 0 aliphatic heterocycles. The second-order valence-electron chi connectivity index (χ2n) is 2.19. The van der Waals surface area contributed by atoms with Crippen LogP contribution in [0.25, 0.3) is 0 Å². The number of carbonyl (C=O) groups excluding carboxylic acids is 2. The van der Waals surface area contributed by atoms with Gasteiger partial charge in [0.15, 0.2) is 12.1 Å².